The van der Waals surface area contributed by atoms with E-state index in [1.807, 2.05) is 0 Å². The van der Waals surface area contributed by atoms with Crippen molar-refractivity contribution in [3.05, 3.63) is 24.0 Å². The number of aryl methyl sites for hydroxylation is 1. The molecule has 0 aromatic carbocycles. The number of hydrogen-bond donors (Lipinski definition) is 1. The highest BCUT2D eigenvalue weighted by atomic mass is 19.1. The second-order valence-corrected chi connectivity index (χ2v) is 2.88. The maximum atomic E-state index is 12.0. The highest BCUT2D eigenvalue weighted by Crippen LogP contribution is 2.15. The zero-order chi connectivity index (χ0) is 9.84. The summed E-state index contributed by atoms with van der Waals surface area (Å²) in [5, 5.41) is 8.74. The molecule has 13 heavy (non-hydrogen) atoms. The normalized spacial score (nSPS) is 12.8. The molecule has 1 N–H and O–H groups in total. The minimum Gasteiger partial charge on any atom is -0.481 e. The van der Waals surface area contributed by atoms with Crippen LogP contribution >= 0.6 is 0 Å². The molecule has 3 nitrogen and oxygen atoms in total. The Bertz CT molecular complexity index is 296. The van der Waals surface area contributed by atoms with E-state index in [-0.39, 0.29) is 6.54 Å². The van der Waals surface area contributed by atoms with Gasteiger partial charge in [-0.3, -0.25) is 4.79 Å². The van der Waals surface area contributed by atoms with Gasteiger partial charge >= 0.3 is 5.97 Å². The van der Waals surface area contributed by atoms with Crippen molar-refractivity contribution < 1.29 is 14.3 Å². The van der Waals surface area contributed by atoms with Gasteiger partial charge in [-0.25, -0.2) is 4.39 Å². The molecule has 0 fully saturated rings. The van der Waals surface area contributed by atoms with Gasteiger partial charge in [-0.15, -0.1) is 0 Å². The quantitative estimate of drug-likeness (QED) is 0.774. The minimum atomic E-state index is -0.890. The predicted octanol–water partition coefficient (Wildman–Crippen LogP) is 1.65. The number of hydrogen-bond acceptors (Lipinski definition) is 1. The first kappa shape index (κ1) is 9.77. The van der Waals surface area contributed by atoms with Crippen molar-refractivity contribution in [2.24, 2.45) is 0 Å². The van der Waals surface area contributed by atoms with Crippen molar-refractivity contribution in [3.63, 3.8) is 0 Å². The molecule has 1 unspecified atom stereocenters. The molecule has 0 amide bonds. The highest BCUT2D eigenvalue weighted by Gasteiger charge is 2.16. The van der Waals surface area contributed by atoms with Gasteiger partial charge in [-0.05, 0) is 19.1 Å². The van der Waals surface area contributed by atoms with Crippen molar-refractivity contribution in [1.29, 1.82) is 0 Å². The fourth-order valence-electron chi connectivity index (χ4n) is 1.24. The van der Waals surface area contributed by atoms with Crippen LogP contribution in [0, 0.1) is 0 Å². The Kier molecular flexibility index (Phi) is 3.06. The number of carbonyl (C=O) groups is 1. The van der Waals surface area contributed by atoms with Gasteiger partial charge < -0.3 is 9.67 Å². The molecule has 72 valence electrons. The first-order valence-electron chi connectivity index (χ1n) is 4.10. The zero-order valence-electron chi connectivity index (χ0n) is 7.40. The summed E-state index contributed by atoms with van der Waals surface area (Å²) in [6, 6.07) is 3.43. The summed E-state index contributed by atoms with van der Waals surface area (Å²) in [6.07, 6.45) is 1.69. The number of nitrogens with zero attached hydrogens (tertiary/aromatic N) is 1. The van der Waals surface area contributed by atoms with Crippen molar-refractivity contribution in [2.75, 3.05) is 6.67 Å². The van der Waals surface area contributed by atoms with E-state index in [0.29, 0.717) is 5.69 Å². The Balaban J connectivity index is 2.86. The third-order valence-electron chi connectivity index (χ3n) is 2.00. The topological polar surface area (TPSA) is 42.2 Å². The van der Waals surface area contributed by atoms with Gasteiger partial charge in [0.25, 0.3) is 0 Å². The summed E-state index contributed by atoms with van der Waals surface area (Å²) < 4.78 is 13.7. The molecule has 0 aliphatic rings. The summed E-state index contributed by atoms with van der Waals surface area (Å²) in [4.78, 5) is 10.6. The van der Waals surface area contributed by atoms with E-state index in [0.717, 1.165) is 0 Å². The molecule has 0 saturated carbocycles. The summed E-state index contributed by atoms with van der Waals surface area (Å²) in [5.41, 5.74) is 0.644. The lowest BCUT2D eigenvalue weighted by atomic mass is 10.1. The van der Waals surface area contributed by atoms with Gasteiger partial charge in [0.15, 0.2) is 0 Å². The van der Waals surface area contributed by atoms with Gasteiger partial charge in [0.1, 0.15) is 6.67 Å². The second-order valence-electron chi connectivity index (χ2n) is 2.88. The fraction of sp³-hybridized carbons (Fsp3) is 0.444. The van der Waals surface area contributed by atoms with E-state index in [1.54, 1.807) is 29.8 Å². The monoisotopic (exact) mass is 185 g/mol. The van der Waals surface area contributed by atoms with E-state index in [2.05, 4.69) is 0 Å². The molecule has 0 aliphatic carbocycles. The Morgan fingerprint density at radius 1 is 1.77 bits per heavy atom. The van der Waals surface area contributed by atoms with Crippen molar-refractivity contribution in [2.45, 2.75) is 19.4 Å². The van der Waals surface area contributed by atoms with Crippen LogP contribution in [0.4, 0.5) is 4.39 Å². The lowest BCUT2D eigenvalue weighted by Gasteiger charge is -2.10. The number of aromatic nitrogens is 1. The standard InChI is InChI=1S/C9H12FNO2/c1-7(9(12)13)8-3-2-5-11(8)6-4-10/h2-3,5,7H,4,6H2,1H3,(H,12,13). The largest absolute Gasteiger partial charge is 0.481 e. The molecule has 0 radical (unpaired) electrons. The maximum Gasteiger partial charge on any atom is 0.312 e. The zero-order valence-corrected chi connectivity index (χ0v) is 7.40. The summed E-state index contributed by atoms with van der Waals surface area (Å²) in [5.74, 6) is -1.47. The number of carboxylic acids is 1. The number of alkyl halides is 1. The Morgan fingerprint density at radius 3 is 3.00 bits per heavy atom. The summed E-state index contributed by atoms with van der Waals surface area (Å²) in [6.45, 7) is 1.33. The highest BCUT2D eigenvalue weighted by molar-refractivity contribution is 5.74. The number of halogens is 1. The first-order valence-corrected chi connectivity index (χ1v) is 4.10. The Morgan fingerprint density at radius 2 is 2.46 bits per heavy atom. The van der Waals surface area contributed by atoms with E-state index in [9.17, 15) is 9.18 Å². The van der Waals surface area contributed by atoms with Crippen LogP contribution < -0.4 is 0 Å². The van der Waals surface area contributed by atoms with Crippen molar-refractivity contribution in [3.8, 4) is 0 Å². The molecule has 0 bridgehead atoms. The third kappa shape index (κ3) is 2.08. The average Bonchev–Trinajstić information content (AvgIpc) is 2.52. The minimum absolute atomic E-state index is 0.222. The van der Waals surface area contributed by atoms with Gasteiger partial charge in [0, 0.05) is 11.9 Å². The Hall–Kier alpha value is -1.32. The molecule has 4 heteroatoms. The molecule has 0 spiro atoms. The lowest BCUT2D eigenvalue weighted by molar-refractivity contribution is -0.138. The van der Waals surface area contributed by atoms with Gasteiger partial charge in [0.2, 0.25) is 0 Å². The third-order valence-corrected chi connectivity index (χ3v) is 2.00. The van der Waals surface area contributed by atoms with Crippen LogP contribution in [0.5, 0.6) is 0 Å². The Labute approximate surface area is 75.8 Å². The molecule has 1 atom stereocenters. The van der Waals surface area contributed by atoms with Crippen molar-refractivity contribution in [1.82, 2.24) is 4.57 Å². The molecule has 0 saturated heterocycles. The van der Waals surface area contributed by atoms with Gasteiger partial charge in [-0.2, -0.15) is 0 Å². The van der Waals surface area contributed by atoms with Crippen LogP contribution in [-0.2, 0) is 11.3 Å². The van der Waals surface area contributed by atoms with Crippen LogP contribution in [0.2, 0.25) is 0 Å². The van der Waals surface area contributed by atoms with Crippen LogP contribution in [0.3, 0.4) is 0 Å². The van der Waals surface area contributed by atoms with Crippen LogP contribution in [0.15, 0.2) is 18.3 Å². The summed E-state index contributed by atoms with van der Waals surface area (Å²) >= 11 is 0. The van der Waals surface area contributed by atoms with Crippen LogP contribution in [0.1, 0.15) is 18.5 Å². The maximum absolute atomic E-state index is 12.0. The lowest BCUT2D eigenvalue weighted by Crippen LogP contribution is -2.13. The molecule has 0 aliphatic heterocycles. The molecule has 1 aromatic heterocycles. The van der Waals surface area contributed by atoms with E-state index in [4.69, 9.17) is 5.11 Å². The van der Waals surface area contributed by atoms with Crippen LogP contribution in [0.25, 0.3) is 0 Å². The van der Waals surface area contributed by atoms with Crippen molar-refractivity contribution >= 4 is 5.97 Å². The SMILES string of the molecule is CC(C(=O)O)c1cccn1CCF. The number of carboxylic acid groups (broad SMARTS) is 1. The fourth-order valence-corrected chi connectivity index (χ4v) is 1.24. The molecular weight excluding hydrogens is 173 g/mol. The first-order chi connectivity index (χ1) is 6.16. The average molecular weight is 185 g/mol. The van der Waals surface area contributed by atoms with Gasteiger partial charge in [0.05, 0.1) is 12.5 Å². The number of aliphatic carboxylic acids is 1. The number of rotatable bonds is 4. The predicted molar refractivity (Wildman–Crippen MR) is 46.5 cm³/mol. The van der Waals surface area contributed by atoms with Crippen LogP contribution in [-0.4, -0.2) is 22.3 Å². The van der Waals surface area contributed by atoms with E-state index in [1.165, 1.54) is 0 Å². The molecule has 1 heterocycles. The summed E-state index contributed by atoms with van der Waals surface area (Å²) in [7, 11) is 0. The molecule has 1 rings (SSSR count). The second kappa shape index (κ2) is 4.07. The van der Waals surface area contributed by atoms with E-state index >= 15 is 0 Å². The molecule has 1 aromatic rings. The molecular formula is C9H12FNO2. The smallest absolute Gasteiger partial charge is 0.312 e. The van der Waals surface area contributed by atoms with Gasteiger partial charge in [-0.1, -0.05) is 0 Å². The van der Waals surface area contributed by atoms with E-state index < -0.39 is 18.6 Å².